The Bertz CT molecular complexity index is 516. The number of benzene rings is 1. The third-order valence-electron chi connectivity index (χ3n) is 2.53. The molecular weight excluding hydrogens is 257 g/mol. The highest BCUT2D eigenvalue weighted by Gasteiger charge is 2.34. The van der Waals surface area contributed by atoms with E-state index >= 15 is 0 Å². The minimum atomic E-state index is -4.56. The third kappa shape index (κ3) is 3.98. The number of hydrogen-bond donors (Lipinski definition) is 1. The van der Waals surface area contributed by atoms with E-state index in [1.165, 1.54) is 12.1 Å². The van der Waals surface area contributed by atoms with Gasteiger partial charge in [0.2, 0.25) is 5.91 Å². The van der Waals surface area contributed by atoms with E-state index in [1.807, 2.05) is 0 Å². The maximum atomic E-state index is 12.9. The average Bonchev–Trinajstić information content (AvgIpc) is 2.27. The molecule has 0 fully saturated rings. The van der Waals surface area contributed by atoms with Gasteiger partial charge in [0.25, 0.3) is 0 Å². The normalized spacial score (nSPS) is 11.2. The maximum Gasteiger partial charge on any atom is 0.418 e. The molecule has 3 nitrogen and oxygen atoms in total. The standard InChI is InChI=1S/C13H13F3N2O/c1-8(2)9-3-4-11(18-12(19)5-6-17)10(7-9)13(14,15)16/h3-4,7-8H,5H2,1-2H3,(H,18,19). The van der Waals surface area contributed by atoms with Crippen molar-refractivity contribution in [1.82, 2.24) is 0 Å². The van der Waals surface area contributed by atoms with Crippen molar-refractivity contribution in [3.63, 3.8) is 0 Å². The van der Waals surface area contributed by atoms with Crippen LogP contribution in [0.25, 0.3) is 0 Å². The molecule has 0 aliphatic carbocycles. The minimum Gasteiger partial charge on any atom is -0.325 e. The summed E-state index contributed by atoms with van der Waals surface area (Å²) in [5.74, 6) is -0.810. The number of halogens is 3. The van der Waals surface area contributed by atoms with Crippen molar-refractivity contribution < 1.29 is 18.0 Å². The van der Waals surface area contributed by atoms with Gasteiger partial charge in [0.1, 0.15) is 6.42 Å². The average molecular weight is 270 g/mol. The molecule has 0 atom stereocenters. The Kier molecular flexibility index (Phi) is 4.54. The van der Waals surface area contributed by atoms with Gasteiger partial charge in [-0.1, -0.05) is 19.9 Å². The van der Waals surface area contributed by atoms with Gasteiger partial charge < -0.3 is 5.32 Å². The van der Waals surface area contributed by atoms with Crippen LogP contribution in [0.5, 0.6) is 0 Å². The van der Waals surface area contributed by atoms with Gasteiger partial charge in [-0.15, -0.1) is 0 Å². The SMILES string of the molecule is CC(C)c1ccc(NC(=O)CC#N)c(C(F)(F)F)c1. The highest BCUT2D eigenvalue weighted by atomic mass is 19.4. The van der Waals surface area contributed by atoms with Crippen molar-refractivity contribution in [2.75, 3.05) is 5.32 Å². The molecular formula is C13H13F3N2O. The lowest BCUT2D eigenvalue weighted by Crippen LogP contribution is -2.16. The van der Waals surface area contributed by atoms with E-state index in [1.54, 1.807) is 19.9 Å². The van der Waals surface area contributed by atoms with Crippen LogP contribution in [0.1, 0.15) is 37.3 Å². The first kappa shape index (κ1) is 15.0. The van der Waals surface area contributed by atoms with Crippen LogP contribution in [0.3, 0.4) is 0 Å². The lowest BCUT2D eigenvalue weighted by atomic mass is 9.99. The molecule has 1 amide bonds. The van der Waals surface area contributed by atoms with Crippen molar-refractivity contribution in [2.24, 2.45) is 0 Å². The van der Waals surface area contributed by atoms with Crippen molar-refractivity contribution in [3.05, 3.63) is 29.3 Å². The molecule has 0 heterocycles. The first-order valence-electron chi connectivity index (χ1n) is 5.63. The molecule has 19 heavy (non-hydrogen) atoms. The molecule has 0 aliphatic rings. The summed E-state index contributed by atoms with van der Waals surface area (Å²) >= 11 is 0. The van der Waals surface area contributed by atoms with Gasteiger partial charge in [0.15, 0.2) is 0 Å². The number of nitrogens with one attached hydrogen (secondary N) is 1. The topological polar surface area (TPSA) is 52.9 Å². The molecule has 0 radical (unpaired) electrons. The van der Waals surface area contributed by atoms with E-state index < -0.39 is 24.1 Å². The molecule has 0 aromatic heterocycles. The zero-order valence-electron chi connectivity index (χ0n) is 10.5. The number of carbonyl (C=O) groups is 1. The zero-order valence-corrected chi connectivity index (χ0v) is 10.5. The van der Waals surface area contributed by atoms with Crippen molar-refractivity contribution in [1.29, 1.82) is 5.26 Å². The summed E-state index contributed by atoms with van der Waals surface area (Å²) in [4.78, 5) is 11.2. The van der Waals surface area contributed by atoms with E-state index in [0.29, 0.717) is 5.56 Å². The minimum absolute atomic E-state index is 0.0510. The highest BCUT2D eigenvalue weighted by molar-refractivity contribution is 5.92. The van der Waals surface area contributed by atoms with E-state index in [-0.39, 0.29) is 11.6 Å². The maximum absolute atomic E-state index is 12.9. The number of hydrogen-bond acceptors (Lipinski definition) is 2. The van der Waals surface area contributed by atoms with Crippen molar-refractivity contribution >= 4 is 11.6 Å². The van der Waals surface area contributed by atoms with Crippen LogP contribution in [-0.2, 0) is 11.0 Å². The molecule has 0 saturated carbocycles. The molecule has 1 N–H and O–H groups in total. The number of nitrogens with zero attached hydrogens (tertiary/aromatic N) is 1. The number of anilines is 1. The Morgan fingerprint density at radius 3 is 2.53 bits per heavy atom. The fourth-order valence-electron chi connectivity index (χ4n) is 1.53. The summed E-state index contributed by atoms with van der Waals surface area (Å²) in [6, 6.07) is 5.35. The summed E-state index contributed by atoms with van der Waals surface area (Å²) in [5, 5.41) is 10.4. The zero-order chi connectivity index (χ0) is 14.6. The Morgan fingerprint density at radius 1 is 1.42 bits per heavy atom. The molecule has 1 rings (SSSR count). The van der Waals surface area contributed by atoms with Crippen LogP contribution in [0.4, 0.5) is 18.9 Å². The van der Waals surface area contributed by atoms with Gasteiger partial charge >= 0.3 is 6.18 Å². The van der Waals surface area contributed by atoms with Crippen molar-refractivity contribution in [2.45, 2.75) is 32.4 Å². The number of alkyl halides is 3. The summed E-state index contributed by atoms with van der Waals surface area (Å²) in [6.45, 7) is 3.56. The van der Waals surface area contributed by atoms with E-state index in [4.69, 9.17) is 5.26 Å². The fourth-order valence-corrected chi connectivity index (χ4v) is 1.53. The number of rotatable bonds is 3. The lowest BCUT2D eigenvalue weighted by molar-refractivity contribution is -0.137. The van der Waals surface area contributed by atoms with Gasteiger partial charge in [-0.2, -0.15) is 18.4 Å². The number of amides is 1. The van der Waals surface area contributed by atoms with Crippen LogP contribution >= 0.6 is 0 Å². The van der Waals surface area contributed by atoms with Crippen LogP contribution < -0.4 is 5.32 Å². The molecule has 0 aliphatic heterocycles. The molecule has 0 saturated heterocycles. The molecule has 102 valence electrons. The number of carbonyl (C=O) groups excluding carboxylic acids is 1. The molecule has 0 unspecified atom stereocenters. The smallest absolute Gasteiger partial charge is 0.325 e. The molecule has 0 bridgehead atoms. The fraction of sp³-hybridized carbons (Fsp3) is 0.385. The predicted octanol–water partition coefficient (Wildman–Crippen LogP) is 3.68. The Labute approximate surface area is 109 Å². The van der Waals surface area contributed by atoms with Crippen molar-refractivity contribution in [3.8, 4) is 6.07 Å². The Morgan fingerprint density at radius 2 is 2.05 bits per heavy atom. The second-order valence-electron chi connectivity index (χ2n) is 4.34. The van der Waals surface area contributed by atoms with Gasteiger partial charge in [-0.05, 0) is 23.6 Å². The Balaban J connectivity index is 3.17. The second-order valence-corrected chi connectivity index (χ2v) is 4.34. The summed E-state index contributed by atoms with van der Waals surface area (Å²) in [7, 11) is 0. The highest BCUT2D eigenvalue weighted by Crippen LogP contribution is 2.36. The van der Waals surface area contributed by atoms with Gasteiger partial charge in [-0.25, -0.2) is 0 Å². The summed E-state index contributed by atoms with van der Waals surface area (Å²) in [5.41, 5.74) is -0.687. The second kappa shape index (κ2) is 5.74. The molecule has 1 aromatic carbocycles. The van der Waals surface area contributed by atoms with Gasteiger partial charge in [-0.3, -0.25) is 4.79 Å². The van der Waals surface area contributed by atoms with Gasteiger partial charge in [0, 0.05) is 0 Å². The van der Waals surface area contributed by atoms with Crippen LogP contribution in [0, 0.1) is 11.3 Å². The van der Waals surface area contributed by atoms with Gasteiger partial charge in [0.05, 0.1) is 17.3 Å². The van der Waals surface area contributed by atoms with Crippen LogP contribution in [0.15, 0.2) is 18.2 Å². The monoisotopic (exact) mass is 270 g/mol. The quantitative estimate of drug-likeness (QED) is 0.910. The predicted molar refractivity (Wildman–Crippen MR) is 64.4 cm³/mol. The van der Waals surface area contributed by atoms with E-state index in [2.05, 4.69) is 5.32 Å². The molecule has 0 spiro atoms. The summed E-state index contributed by atoms with van der Waals surface area (Å²) < 4.78 is 38.7. The number of nitriles is 1. The van der Waals surface area contributed by atoms with Crippen LogP contribution in [-0.4, -0.2) is 5.91 Å². The first-order valence-corrected chi connectivity index (χ1v) is 5.63. The molecule has 1 aromatic rings. The summed E-state index contributed by atoms with van der Waals surface area (Å²) in [6.07, 6.45) is -5.04. The Hall–Kier alpha value is -2.03. The lowest BCUT2D eigenvalue weighted by Gasteiger charge is -2.16. The largest absolute Gasteiger partial charge is 0.418 e. The van der Waals surface area contributed by atoms with E-state index in [9.17, 15) is 18.0 Å². The van der Waals surface area contributed by atoms with E-state index in [0.717, 1.165) is 6.07 Å². The first-order chi connectivity index (χ1) is 8.75. The molecule has 6 heteroatoms. The van der Waals surface area contributed by atoms with Crippen LogP contribution in [0.2, 0.25) is 0 Å². The third-order valence-corrected chi connectivity index (χ3v) is 2.53.